The lowest BCUT2D eigenvalue weighted by Crippen LogP contribution is -2.32. The van der Waals surface area contributed by atoms with Crippen molar-refractivity contribution < 1.29 is 19.1 Å². The van der Waals surface area contributed by atoms with Crippen LogP contribution in [0.5, 0.6) is 11.5 Å². The summed E-state index contributed by atoms with van der Waals surface area (Å²) < 4.78 is 10.8. The Morgan fingerprint density at radius 1 is 0.844 bits per heavy atom. The van der Waals surface area contributed by atoms with E-state index in [4.69, 9.17) is 9.47 Å². The zero-order valence-electron chi connectivity index (χ0n) is 17.8. The molecule has 2 heterocycles. The number of aryl methyl sites for hydroxylation is 2. The molecule has 0 fully saturated rings. The van der Waals surface area contributed by atoms with E-state index in [1.165, 1.54) is 4.90 Å². The fourth-order valence-corrected chi connectivity index (χ4v) is 3.91. The quantitative estimate of drug-likeness (QED) is 0.612. The Balaban J connectivity index is 1.51. The molecule has 0 bridgehead atoms. The van der Waals surface area contributed by atoms with Crippen molar-refractivity contribution in [2.45, 2.75) is 20.4 Å². The van der Waals surface area contributed by atoms with Crippen LogP contribution in [0.2, 0.25) is 0 Å². The molecular formula is C26H22N2O4. The van der Waals surface area contributed by atoms with Crippen LogP contribution < -0.4 is 14.8 Å². The lowest BCUT2D eigenvalue weighted by atomic mass is 10.0. The molecule has 3 aromatic rings. The molecule has 0 saturated carbocycles. The van der Waals surface area contributed by atoms with Crippen LogP contribution in [0, 0.1) is 13.8 Å². The number of nitrogens with one attached hydrogen (secondary N) is 1. The van der Waals surface area contributed by atoms with Crippen molar-refractivity contribution in [2.24, 2.45) is 0 Å². The summed E-state index contributed by atoms with van der Waals surface area (Å²) in [4.78, 5) is 28.1. The van der Waals surface area contributed by atoms with Gasteiger partial charge in [0.15, 0.2) is 11.5 Å². The van der Waals surface area contributed by atoms with Crippen molar-refractivity contribution in [3.05, 3.63) is 94.7 Å². The second-order valence-electron chi connectivity index (χ2n) is 7.99. The highest BCUT2D eigenvalue weighted by Gasteiger charge is 2.39. The molecule has 1 N–H and O–H groups in total. The number of carbonyl (C=O) groups excluding carboxylic acids is 2. The fraction of sp³-hybridized carbons (Fsp3) is 0.154. The number of hydrogen-bond acceptors (Lipinski definition) is 5. The van der Waals surface area contributed by atoms with Crippen LogP contribution >= 0.6 is 0 Å². The SMILES string of the molecule is Cc1ccc(C2=C(Nc3cccc(C)c3)C(=O)N(Cc3ccc4c(c3)OCO4)C2=O)cc1. The van der Waals surface area contributed by atoms with Crippen LogP contribution in [0.1, 0.15) is 22.3 Å². The molecule has 0 spiro atoms. The van der Waals surface area contributed by atoms with E-state index in [9.17, 15) is 9.59 Å². The van der Waals surface area contributed by atoms with Gasteiger partial charge in [-0.3, -0.25) is 14.5 Å². The summed E-state index contributed by atoms with van der Waals surface area (Å²) in [5.74, 6) is 0.593. The number of amides is 2. The largest absolute Gasteiger partial charge is 0.454 e. The molecule has 2 aliphatic rings. The highest BCUT2D eigenvalue weighted by atomic mass is 16.7. The van der Waals surface area contributed by atoms with Gasteiger partial charge in [-0.2, -0.15) is 0 Å². The lowest BCUT2D eigenvalue weighted by Gasteiger charge is -2.16. The maximum absolute atomic E-state index is 13.5. The van der Waals surface area contributed by atoms with Crippen LogP contribution in [0.25, 0.3) is 5.57 Å². The second kappa shape index (κ2) is 7.89. The number of anilines is 1. The summed E-state index contributed by atoms with van der Waals surface area (Å²) in [5.41, 5.74) is 5.05. The van der Waals surface area contributed by atoms with Gasteiger partial charge in [-0.05, 0) is 54.8 Å². The molecule has 0 aliphatic carbocycles. The van der Waals surface area contributed by atoms with Crippen LogP contribution in [0.3, 0.4) is 0 Å². The molecule has 0 radical (unpaired) electrons. The van der Waals surface area contributed by atoms with Gasteiger partial charge >= 0.3 is 0 Å². The number of imide groups is 1. The second-order valence-corrected chi connectivity index (χ2v) is 7.99. The Hall–Kier alpha value is -4.06. The molecule has 0 aromatic heterocycles. The minimum atomic E-state index is -0.357. The van der Waals surface area contributed by atoms with E-state index in [2.05, 4.69) is 5.32 Å². The van der Waals surface area contributed by atoms with Crippen molar-refractivity contribution in [1.29, 1.82) is 0 Å². The number of fused-ring (bicyclic) bond motifs is 1. The molecule has 0 saturated heterocycles. The van der Waals surface area contributed by atoms with Gasteiger partial charge in [0.1, 0.15) is 5.70 Å². The maximum atomic E-state index is 13.5. The minimum Gasteiger partial charge on any atom is -0.454 e. The van der Waals surface area contributed by atoms with Gasteiger partial charge < -0.3 is 14.8 Å². The summed E-state index contributed by atoms with van der Waals surface area (Å²) in [7, 11) is 0. The molecule has 32 heavy (non-hydrogen) atoms. The Labute approximate surface area is 186 Å². The third-order valence-corrected chi connectivity index (χ3v) is 5.57. The van der Waals surface area contributed by atoms with Crippen LogP contribution in [-0.4, -0.2) is 23.5 Å². The number of hydrogen-bond donors (Lipinski definition) is 1. The molecule has 6 heteroatoms. The van der Waals surface area contributed by atoms with Gasteiger partial charge in [0.25, 0.3) is 11.8 Å². The number of benzene rings is 3. The maximum Gasteiger partial charge on any atom is 0.278 e. The molecule has 2 amide bonds. The zero-order valence-corrected chi connectivity index (χ0v) is 17.8. The Morgan fingerprint density at radius 2 is 1.62 bits per heavy atom. The van der Waals surface area contributed by atoms with E-state index in [-0.39, 0.29) is 30.8 Å². The zero-order chi connectivity index (χ0) is 22.2. The standard InChI is InChI=1S/C26H22N2O4/c1-16-6-9-19(10-7-16)23-24(27-20-5-3-4-17(2)12-20)26(30)28(25(23)29)14-18-8-11-21-22(13-18)32-15-31-21/h3-13,27H,14-15H2,1-2H3. The number of ether oxygens (including phenoxy) is 2. The van der Waals surface area contributed by atoms with E-state index in [1.807, 2.05) is 68.4 Å². The molecule has 0 unspecified atom stereocenters. The van der Waals surface area contributed by atoms with Crippen molar-refractivity contribution in [3.63, 3.8) is 0 Å². The highest BCUT2D eigenvalue weighted by Crippen LogP contribution is 2.35. The fourth-order valence-electron chi connectivity index (χ4n) is 3.91. The number of nitrogens with zero attached hydrogens (tertiary/aromatic N) is 1. The van der Waals surface area contributed by atoms with Crippen molar-refractivity contribution in [2.75, 3.05) is 12.1 Å². The summed E-state index contributed by atoms with van der Waals surface area (Å²) >= 11 is 0. The topological polar surface area (TPSA) is 67.9 Å². The van der Waals surface area contributed by atoms with E-state index >= 15 is 0 Å². The predicted octanol–water partition coefficient (Wildman–Crippen LogP) is 4.42. The molecule has 6 nitrogen and oxygen atoms in total. The highest BCUT2D eigenvalue weighted by molar-refractivity contribution is 6.36. The molecule has 2 aliphatic heterocycles. The van der Waals surface area contributed by atoms with Crippen LogP contribution in [0.4, 0.5) is 5.69 Å². The van der Waals surface area contributed by atoms with E-state index in [1.54, 1.807) is 12.1 Å². The van der Waals surface area contributed by atoms with Gasteiger partial charge in [-0.1, -0.05) is 48.0 Å². The van der Waals surface area contributed by atoms with Gasteiger partial charge in [0, 0.05) is 5.69 Å². The molecule has 3 aromatic carbocycles. The van der Waals surface area contributed by atoms with Gasteiger partial charge in [0.05, 0.1) is 12.1 Å². The van der Waals surface area contributed by atoms with Gasteiger partial charge in [-0.25, -0.2) is 0 Å². The van der Waals surface area contributed by atoms with Crippen molar-refractivity contribution >= 4 is 23.1 Å². The summed E-state index contributed by atoms with van der Waals surface area (Å²) in [5, 5.41) is 3.21. The Kier molecular flexibility index (Phi) is 4.90. The van der Waals surface area contributed by atoms with E-state index in [0.717, 1.165) is 22.4 Å². The lowest BCUT2D eigenvalue weighted by molar-refractivity contribution is -0.137. The first-order chi connectivity index (χ1) is 15.5. The third-order valence-electron chi connectivity index (χ3n) is 5.57. The monoisotopic (exact) mass is 426 g/mol. The molecule has 160 valence electrons. The van der Waals surface area contributed by atoms with E-state index in [0.29, 0.717) is 22.6 Å². The van der Waals surface area contributed by atoms with Gasteiger partial charge in [0.2, 0.25) is 6.79 Å². The molecular weight excluding hydrogens is 404 g/mol. The first-order valence-electron chi connectivity index (χ1n) is 10.4. The van der Waals surface area contributed by atoms with E-state index < -0.39 is 0 Å². The van der Waals surface area contributed by atoms with Crippen LogP contribution in [0.15, 0.2) is 72.4 Å². The normalized spacial score (nSPS) is 15.0. The summed E-state index contributed by atoms with van der Waals surface area (Å²) in [6, 6.07) is 20.8. The smallest absolute Gasteiger partial charge is 0.278 e. The van der Waals surface area contributed by atoms with Crippen molar-refractivity contribution in [1.82, 2.24) is 4.90 Å². The van der Waals surface area contributed by atoms with Crippen LogP contribution in [-0.2, 0) is 16.1 Å². The number of rotatable bonds is 5. The Bertz CT molecular complexity index is 1260. The van der Waals surface area contributed by atoms with Crippen molar-refractivity contribution in [3.8, 4) is 11.5 Å². The van der Waals surface area contributed by atoms with Gasteiger partial charge in [-0.15, -0.1) is 0 Å². The third kappa shape index (κ3) is 3.60. The predicted molar refractivity (Wildman–Crippen MR) is 121 cm³/mol. The average molecular weight is 426 g/mol. The molecule has 5 rings (SSSR count). The summed E-state index contributed by atoms with van der Waals surface area (Å²) in [6.07, 6.45) is 0. The molecule has 0 atom stereocenters. The average Bonchev–Trinajstić information content (AvgIpc) is 3.33. The number of carbonyl (C=O) groups is 2. The summed E-state index contributed by atoms with van der Waals surface area (Å²) in [6.45, 7) is 4.28. The first-order valence-corrected chi connectivity index (χ1v) is 10.4. The minimum absolute atomic E-state index is 0.142. The Morgan fingerprint density at radius 3 is 2.41 bits per heavy atom. The first kappa shape index (κ1) is 19.9.